The van der Waals surface area contributed by atoms with Crippen LogP contribution in [0.2, 0.25) is 0 Å². The van der Waals surface area contributed by atoms with Crippen molar-refractivity contribution < 1.29 is 27.5 Å². The van der Waals surface area contributed by atoms with Gasteiger partial charge in [-0.2, -0.15) is 0 Å². The topological polar surface area (TPSA) is 93.2 Å². The highest BCUT2D eigenvalue weighted by molar-refractivity contribution is 7.94. The predicted molar refractivity (Wildman–Crippen MR) is 122 cm³/mol. The average Bonchev–Trinajstić information content (AvgIpc) is 3.37. The SMILES string of the molecule is CN(C(=O)COC(=O)COc1ccc(N(C)S(=O)(=O)c2cccs2)cc1)C1CCCCC1. The lowest BCUT2D eigenvalue weighted by atomic mass is 9.94. The Morgan fingerprint density at radius 3 is 2.34 bits per heavy atom. The molecule has 0 saturated heterocycles. The van der Waals surface area contributed by atoms with Gasteiger partial charge >= 0.3 is 5.97 Å². The Balaban J connectivity index is 1.45. The summed E-state index contributed by atoms with van der Waals surface area (Å²) in [6.07, 6.45) is 5.40. The maximum absolute atomic E-state index is 12.6. The van der Waals surface area contributed by atoms with Crippen LogP contribution in [-0.4, -0.2) is 58.5 Å². The molecule has 1 aliphatic rings. The van der Waals surface area contributed by atoms with Gasteiger partial charge in [-0.25, -0.2) is 13.2 Å². The van der Waals surface area contributed by atoms with Crippen molar-refractivity contribution in [1.29, 1.82) is 0 Å². The standard InChI is InChI=1S/C22H28N2O6S2/c1-23(17-7-4-3-5-8-17)20(25)15-30-21(26)16-29-19-12-10-18(11-13-19)24(2)32(27,28)22-9-6-14-31-22/h6,9-14,17H,3-5,7-8,15-16H2,1-2H3. The van der Waals surface area contributed by atoms with Gasteiger partial charge in [0.2, 0.25) is 0 Å². The molecule has 32 heavy (non-hydrogen) atoms. The molecule has 3 rings (SSSR count). The van der Waals surface area contributed by atoms with E-state index in [4.69, 9.17) is 9.47 Å². The molecule has 174 valence electrons. The molecule has 0 bridgehead atoms. The van der Waals surface area contributed by atoms with Gasteiger partial charge in [-0.05, 0) is 48.6 Å². The third kappa shape index (κ3) is 6.01. The largest absolute Gasteiger partial charge is 0.482 e. The minimum atomic E-state index is -3.62. The number of thiophene rings is 1. The summed E-state index contributed by atoms with van der Waals surface area (Å²) in [5.74, 6) is -0.472. The lowest BCUT2D eigenvalue weighted by Gasteiger charge is -2.31. The second-order valence-corrected chi connectivity index (χ2v) is 10.8. The zero-order chi connectivity index (χ0) is 23.1. The van der Waals surface area contributed by atoms with E-state index in [0.717, 1.165) is 37.0 Å². The van der Waals surface area contributed by atoms with E-state index in [2.05, 4.69) is 0 Å². The molecule has 1 saturated carbocycles. The Morgan fingerprint density at radius 1 is 1.03 bits per heavy atom. The molecule has 0 radical (unpaired) electrons. The van der Waals surface area contributed by atoms with Crippen molar-refractivity contribution in [3.8, 4) is 5.75 Å². The number of ether oxygens (including phenoxy) is 2. The van der Waals surface area contributed by atoms with Crippen molar-refractivity contribution in [2.24, 2.45) is 0 Å². The van der Waals surface area contributed by atoms with Gasteiger partial charge in [-0.3, -0.25) is 9.10 Å². The van der Waals surface area contributed by atoms with Gasteiger partial charge in [0.25, 0.3) is 15.9 Å². The molecule has 8 nitrogen and oxygen atoms in total. The molecule has 10 heteroatoms. The van der Waals surface area contributed by atoms with E-state index in [1.54, 1.807) is 53.7 Å². The smallest absolute Gasteiger partial charge is 0.344 e. The number of benzene rings is 1. The molecule has 0 spiro atoms. The summed E-state index contributed by atoms with van der Waals surface area (Å²) in [6.45, 7) is -0.650. The molecule has 1 heterocycles. The molecule has 0 aliphatic heterocycles. The van der Waals surface area contributed by atoms with Crippen molar-refractivity contribution in [3.05, 3.63) is 41.8 Å². The Hall–Kier alpha value is -2.59. The monoisotopic (exact) mass is 480 g/mol. The second-order valence-electron chi connectivity index (χ2n) is 7.64. The predicted octanol–water partition coefficient (Wildman–Crippen LogP) is 3.29. The highest BCUT2D eigenvalue weighted by Gasteiger charge is 2.23. The van der Waals surface area contributed by atoms with Crippen molar-refractivity contribution in [1.82, 2.24) is 4.90 Å². The third-order valence-electron chi connectivity index (χ3n) is 5.54. The Labute approximate surface area is 192 Å². The molecule has 2 aromatic rings. The first kappa shape index (κ1) is 24.1. The molecule has 1 fully saturated rings. The van der Waals surface area contributed by atoms with Gasteiger partial charge in [-0.1, -0.05) is 25.3 Å². The van der Waals surface area contributed by atoms with Crippen molar-refractivity contribution >= 4 is 38.9 Å². The van der Waals surface area contributed by atoms with E-state index >= 15 is 0 Å². The minimum absolute atomic E-state index is 0.214. The average molecular weight is 481 g/mol. The van der Waals surface area contributed by atoms with E-state index in [1.165, 1.54) is 17.8 Å². The maximum atomic E-state index is 12.6. The van der Waals surface area contributed by atoms with Crippen LogP contribution >= 0.6 is 11.3 Å². The summed E-state index contributed by atoms with van der Waals surface area (Å²) in [6, 6.07) is 9.78. The van der Waals surface area contributed by atoms with Gasteiger partial charge in [-0.15, -0.1) is 11.3 Å². The van der Waals surface area contributed by atoms with E-state index < -0.39 is 16.0 Å². The van der Waals surface area contributed by atoms with Crippen LogP contribution in [0, 0.1) is 0 Å². The van der Waals surface area contributed by atoms with Gasteiger partial charge in [0.05, 0.1) is 5.69 Å². The highest BCUT2D eigenvalue weighted by Crippen LogP contribution is 2.26. The minimum Gasteiger partial charge on any atom is -0.482 e. The number of esters is 1. The zero-order valence-electron chi connectivity index (χ0n) is 18.2. The van der Waals surface area contributed by atoms with Crippen molar-refractivity contribution in [2.45, 2.75) is 42.4 Å². The summed E-state index contributed by atoms with van der Waals surface area (Å²) in [5, 5.41) is 1.71. The van der Waals surface area contributed by atoms with Crippen LogP contribution < -0.4 is 9.04 Å². The highest BCUT2D eigenvalue weighted by atomic mass is 32.2. The van der Waals surface area contributed by atoms with Crippen molar-refractivity contribution in [3.63, 3.8) is 0 Å². The fraction of sp³-hybridized carbons (Fsp3) is 0.455. The number of hydrogen-bond acceptors (Lipinski definition) is 7. The Morgan fingerprint density at radius 2 is 1.72 bits per heavy atom. The first-order chi connectivity index (χ1) is 15.3. The third-order valence-corrected chi connectivity index (χ3v) is 8.70. The normalized spacial score (nSPS) is 14.6. The van der Waals surface area contributed by atoms with E-state index in [0.29, 0.717) is 11.4 Å². The lowest BCUT2D eigenvalue weighted by Crippen LogP contribution is -2.40. The molecular weight excluding hydrogens is 452 g/mol. The van der Waals surface area contributed by atoms with Crippen LogP contribution in [0.4, 0.5) is 5.69 Å². The summed E-state index contributed by atoms with van der Waals surface area (Å²) in [7, 11) is -0.391. The zero-order valence-corrected chi connectivity index (χ0v) is 19.9. The molecule has 0 N–H and O–H groups in total. The number of carbonyl (C=O) groups excluding carboxylic acids is 2. The number of rotatable bonds is 9. The summed E-state index contributed by atoms with van der Waals surface area (Å²) < 4.78 is 37.1. The molecule has 1 aromatic carbocycles. The first-order valence-electron chi connectivity index (χ1n) is 10.5. The first-order valence-corrected chi connectivity index (χ1v) is 12.8. The molecule has 0 unspecified atom stereocenters. The Bertz CT molecular complexity index is 1000. The van der Waals surface area contributed by atoms with Crippen LogP contribution in [0.3, 0.4) is 0 Å². The van der Waals surface area contributed by atoms with Crippen LogP contribution in [0.25, 0.3) is 0 Å². The fourth-order valence-corrected chi connectivity index (χ4v) is 5.89. The van der Waals surface area contributed by atoms with Crippen LogP contribution in [0.5, 0.6) is 5.75 Å². The fourth-order valence-electron chi connectivity index (χ4n) is 3.54. The van der Waals surface area contributed by atoms with Gasteiger partial charge in [0.15, 0.2) is 13.2 Å². The summed E-state index contributed by atoms with van der Waals surface area (Å²) >= 11 is 1.15. The molecule has 1 amide bonds. The van der Waals surface area contributed by atoms with Crippen LogP contribution in [0.1, 0.15) is 32.1 Å². The lowest BCUT2D eigenvalue weighted by molar-refractivity contribution is -0.154. The number of hydrogen-bond donors (Lipinski definition) is 0. The van der Waals surface area contributed by atoms with E-state index in [1.807, 2.05) is 0 Å². The van der Waals surface area contributed by atoms with Gasteiger partial charge in [0, 0.05) is 20.1 Å². The second kappa shape index (κ2) is 10.8. The quantitative estimate of drug-likeness (QED) is 0.512. The number of nitrogens with zero attached hydrogens (tertiary/aromatic N) is 2. The van der Waals surface area contributed by atoms with E-state index in [9.17, 15) is 18.0 Å². The molecule has 1 aliphatic carbocycles. The van der Waals surface area contributed by atoms with E-state index in [-0.39, 0.29) is 29.4 Å². The van der Waals surface area contributed by atoms with Gasteiger partial charge < -0.3 is 14.4 Å². The molecular formula is C22H28N2O6S2. The summed E-state index contributed by atoms with van der Waals surface area (Å²) in [4.78, 5) is 25.9. The van der Waals surface area contributed by atoms with Crippen LogP contribution in [0.15, 0.2) is 46.0 Å². The Kier molecular flexibility index (Phi) is 8.14. The van der Waals surface area contributed by atoms with Crippen LogP contribution in [-0.2, 0) is 24.3 Å². The molecule has 1 aromatic heterocycles. The number of carbonyl (C=O) groups is 2. The van der Waals surface area contributed by atoms with Gasteiger partial charge in [0.1, 0.15) is 9.96 Å². The number of anilines is 1. The number of sulfonamides is 1. The summed E-state index contributed by atoms with van der Waals surface area (Å²) in [5.41, 5.74) is 0.463. The number of amides is 1. The van der Waals surface area contributed by atoms with Crippen molar-refractivity contribution in [2.75, 3.05) is 31.6 Å². The maximum Gasteiger partial charge on any atom is 0.344 e. The molecule has 0 atom stereocenters. The number of likely N-dealkylation sites (N-methyl/N-ethyl adjacent to an activating group) is 1.